The molecule has 252 valence electrons. The summed E-state index contributed by atoms with van der Waals surface area (Å²) < 4.78 is 22.8. The fourth-order valence-electron chi connectivity index (χ4n) is 8.16. The number of hydrogen-bond acceptors (Lipinski definition) is 8. The number of halogens is 1. The van der Waals surface area contributed by atoms with Gasteiger partial charge in [-0.2, -0.15) is 0 Å². The van der Waals surface area contributed by atoms with E-state index in [1.54, 1.807) is 36.1 Å². The molecule has 47 heavy (non-hydrogen) atoms. The number of non-ortho nitro benzene ring substituents is 1. The Morgan fingerprint density at radius 3 is 2.57 bits per heavy atom. The lowest BCUT2D eigenvalue weighted by atomic mass is 9.82. The number of ether oxygens (including phenoxy) is 1. The number of rotatable bonds is 9. The van der Waals surface area contributed by atoms with Gasteiger partial charge in [0.25, 0.3) is 11.6 Å². The second-order valence-electron chi connectivity index (χ2n) is 13.7. The molecule has 4 heterocycles. The number of nitro groups is 1. The second-order valence-corrected chi connectivity index (χ2v) is 17.5. The number of nitrogens with zero attached hydrogens (tertiary/aromatic N) is 3. The van der Waals surface area contributed by atoms with Gasteiger partial charge in [-0.3, -0.25) is 24.5 Å². The van der Waals surface area contributed by atoms with E-state index in [0.29, 0.717) is 29.9 Å². The average Bonchev–Trinajstić information content (AvgIpc) is 3.82. The topological polar surface area (TPSA) is 154 Å². The van der Waals surface area contributed by atoms with Gasteiger partial charge in [-0.25, -0.2) is 0 Å². The van der Waals surface area contributed by atoms with E-state index in [1.165, 1.54) is 36.2 Å². The molecule has 3 saturated heterocycles. The van der Waals surface area contributed by atoms with Crippen LogP contribution in [0.15, 0.2) is 42.5 Å². The van der Waals surface area contributed by atoms with Gasteiger partial charge < -0.3 is 34.4 Å². The fraction of sp³-hybridized carbons (Fsp3) is 0.545. The van der Waals surface area contributed by atoms with E-state index < -0.39 is 42.4 Å². The average molecular weight is 668 g/mol. The van der Waals surface area contributed by atoms with Crippen molar-refractivity contribution in [3.05, 3.63) is 63.7 Å². The molecule has 4 aliphatic rings. The maximum absolute atomic E-state index is 16.2. The zero-order valence-corrected chi connectivity index (χ0v) is 27.9. The Balaban J connectivity index is 1.31. The van der Waals surface area contributed by atoms with Crippen LogP contribution in [0.25, 0.3) is 0 Å². The number of aliphatic hydroxyl groups excluding tert-OH is 1. The predicted octanol–water partition coefficient (Wildman–Crippen LogP) is 3.98. The van der Waals surface area contributed by atoms with Crippen LogP contribution in [0.1, 0.15) is 50.2 Å². The summed E-state index contributed by atoms with van der Waals surface area (Å²) in [7, 11) is -3.58. The number of likely N-dealkylation sites (tertiary alicyclic amines) is 1. The number of hydrogen-bond donors (Lipinski definition) is 3. The number of amides is 3. The van der Waals surface area contributed by atoms with Gasteiger partial charge >= 0.3 is 0 Å². The lowest BCUT2D eigenvalue weighted by Gasteiger charge is -2.31. The summed E-state index contributed by atoms with van der Waals surface area (Å²) in [5.74, 6) is -1.55. The molecule has 4 aliphatic heterocycles. The van der Waals surface area contributed by atoms with Gasteiger partial charge in [-0.05, 0) is 69.1 Å². The molecule has 3 N–H and O–H groups in total. The van der Waals surface area contributed by atoms with Gasteiger partial charge in [-0.15, -0.1) is 0 Å². The van der Waals surface area contributed by atoms with Crippen molar-refractivity contribution in [3.8, 4) is 0 Å². The maximum Gasteiger partial charge on any atom is 0.269 e. The number of benzene rings is 2. The van der Waals surface area contributed by atoms with Crippen molar-refractivity contribution in [3.63, 3.8) is 0 Å². The third-order valence-electron chi connectivity index (χ3n) is 10.4. The Labute approximate surface area is 274 Å². The monoisotopic (exact) mass is 667 g/mol. The quantitative estimate of drug-likeness (QED) is 0.157. The molecule has 0 saturated carbocycles. The lowest BCUT2D eigenvalue weighted by molar-refractivity contribution is -0.385. The summed E-state index contributed by atoms with van der Waals surface area (Å²) in [5.41, 5.74) is -0.610. The summed E-state index contributed by atoms with van der Waals surface area (Å²) >= 11 is 0. The van der Waals surface area contributed by atoms with Crippen LogP contribution >= 0.6 is 0 Å². The summed E-state index contributed by atoms with van der Waals surface area (Å²) in [4.78, 5) is 55.2. The second kappa shape index (κ2) is 12.7. The van der Waals surface area contributed by atoms with Crippen molar-refractivity contribution >= 4 is 43.2 Å². The summed E-state index contributed by atoms with van der Waals surface area (Å²) in [6, 6.07) is 10.8. The molecule has 6 rings (SSSR count). The molecule has 0 aromatic heterocycles. The van der Waals surface area contributed by atoms with E-state index in [4.69, 9.17) is 4.74 Å². The maximum atomic E-state index is 16.2. The van der Waals surface area contributed by atoms with Crippen LogP contribution in [0.2, 0.25) is 18.6 Å². The molecule has 0 bridgehead atoms. The number of carbonyl (C=O) groups excluding carboxylic acids is 3. The van der Waals surface area contributed by atoms with Crippen LogP contribution < -0.4 is 15.5 Å². The molecule has 0 aliphatic carbocycles. The first-order chi connectivity index (χ1) is 22.3. The first-order valence-corrected chi connectivity index (χ1v) is 19.3. The van der Waals surface area contributed by atoms with Gasteiger partial charge in [0, 0.05) is 41.4 Å². The number of fused-ring (bicyclic) bond motifs is 2. The Morgan fingerprint density at radius 2 is 1.94 bits per heavy atom. The Hall–Kier alpha value is -3.72. The summed E-state index contributed by atoms with van der Waals surface area (Å²) in [6.07, 6.45) is 2.06. The van der Waals surface area contributed by atoms with Crippen LogP contribution in [0.3, 0.4) is 0 Å². The highest BCUT2D eigenvalue weighted by molar-refractivity contribution is 6.72. The molecule has 0 radical (unpaired) electrons. The SMILES string of the molecule is C[C@H]1[C@H]([Si](C)(C)F)[C@@H](CC(=O)N2CCC[C@H]2CO)O[C@]12C(=O)N(Cc1ccc(NC(=O)[C@H]3CCCN3)cc1)c1ccc([N+](=O)[O-])cc12. The number of carbonyl (C=O) groups is 3. The third kappa shape index (κ3) is 5.96. The highest BCUT2D eigenvalue weighted by Gasteiger charge is 2.67. The molecule has 2 aromatic rings. The number of anilines is 2. The highest BCUT2D eigenvalue weighted by Crippen LogP contribution is 2.60. The standard InChI is InChI=1S/C33H42FN5O7Si/c1-20-30(47(2,3)34)28(17-29(41)37-15-5-6-24(37)19-40)46-33(20)25-16-23(39(44)45)12-13-27(25)38(32(33)43)18-21-8-10-22(11-9-21)36-31(42)26-7-4-14-35-26/h8-13,16,20,24,26,28,30,35,40H,4-7,14-15,17-19H2,1-3H3,(H,36,42)/t20-,24-,26+,28+,30-,33+/m0/s1. The molecular weight excluding hydrogens is 625 g/mol. The minimum absolute atomic E-state index is 0.103. The van der Waals surface area contributed by atoms with Crippen molar-refractivity contribution in [2.75, 3.05) is 29.9 Å². The van der Waals surface area contributed by atoms with E-state index in [0.717, 1.165) is 31.4 Å². The molecule has 0 unspecified atom stereocenters. The van der Waals surface area contributed by atoms with Gasteiger partial charge in [0.2, 0.25) is 20.2 Å². The van der Waals surface area contributed by atoms with E-state index in [2.05, 4.69) is 10.6 Å². The fourth-order valence-corrected chi connectivity index (χ4v) is 10.7. The van der Waals surface area contributed by atoms with Crippen LogP contribution in [-0.4, -0.2) is 78.9 Å². The van der Waals surface area contributed by atoms with Gasteiger partial charge in [-0.1, -0.05) is 19.1 Å². The molecule has 2 aromatic carbocycles. The van der Waals surface area contributed by atoms with E-state index >= 15 is 4.11 Å². The molecule has 3 fully saturated rings. The zero-order chi connectivity index (χ0) is 33.7. The van der Waals surface area contributed by atoms with Crippen molar-refractivity contribution < 1.29 is 33.3 Å². The van der Waals surface area contributed by atoms with Gasteiger partial charge in [0.15, 0.2) is 5.60 Å². The van der Waals surface area contributed by atoms with Crippen LogP contribution in [0.5, 0.6) is 0 Å². The zero-order valence-electron chi connectivity index (χ0n) is 26.9. The highest BCUT2D eigenvalue weighted by atomic mass is 28.4. The van der Waals surface area contributed by atoms with Crippen LogP contribution in [0.4, 0.5) is 21.2 Å². The molecule has 14 heteroatoms. The Bertz CT molecular complexity index is 1560. The Kier molecular flexibility index (Phi) is 8.98. The third-order valence-corrected chi connectivity index (χ3v) is 12.8. The molecule has 12 nitrogen and oxygen atoms in total. The molecule has 1 spiro atoms. The first kappa shape index (κ1) is 33.2. The van der Waals surface area contributed by atoms with Gasteiger partial charge in [0.1, 0.15) is 0 Å². The van der Waals surface area contributed by atoms with Crippen molar-refractivity contribution in [1.82, 2.24) is 10.2 Å². The van der Waals surface area contributed by atoms with E-state index in [9.17, 15) is 29.6 Å². The summed E-state index contributed by atoms with van der Waals surface area (Å²) in [5, 5.41) is 27.8. The smallest absolute Gasteiger partial charge is 0.269 e. The van der Waals surface area contributed by atoms with Crippen LogP contribution in [0, 0.1) is 16.0 Å². The number of aliphatic hydroxyl groups is 1. The van der Waals surface area contributed by atoms with Crippen molar-refractivity contribution in [2.24, 2.45) is 5.92 Å². The van der Waals surface area contributed by atoms with Gasteiger partial charge in [0.05, 0.1) is 48.4 Å². The van der Waals surface area contributed by atoms with Crippen molar-refractivity contribution in [2.45, 2.75) is 88.0 Å². The Morgan fingerprint density at radius 1 is 1.19 bits per heavy atom. The summed E-state index contributed by atoms with van der Waals surface area (Å²) in [6.45, 7) is 6.05. The molecule has 3 amide bonds. The largest absolute Gasteiger partial charge is 0.394 e. The number of nitrogens with one attached hydrogen (secondary N) is 2. The van der Waals surface area contributed by atoms with Crippen molar-refractivity contribution in [1.29, 1.82) is 0 Å². The first-order valence-electron chi connectivity index (χ1n) is 16.4. The minimum atomic E-state index is -3.58. The normalized spacial score (nSPS) is 28.7. The number of nitro benzene ring substituents is 1. The van der Waals surface area contributed by atoms with E-state index in [1.807, 2.05) is 0 Å². The van der Waals surface area contributed by atoms with E-state index in [-0.39, 0.29) is 49.2 Å². The predicted molar refractivity (Wildman–Crippen MR) is 175 cm³/mol. The van der Waals surface area contributed by atoms with Crippen LogP contribution in [-0.2, 0) is 31.3 Å². The molecule has 6 atom stereocenters. The lowest BCUT2D eigenvalue weighted by Crippen LogP contribution is -2.45. The minimum Gasteiger partial charge on any atom is -0.394 e. The molecular formula is C33H42FN5O7Si.